The Morgan fingerprint density at radius 1 is 1.23 bits per heavy atom. The minimum absolute atomic E-state index is 0.0223. The Hall–Kier alpha value is -2.08. The zero-order valence-corrected chi connectivity index (χ0v) is 14.3. The summed E-state index contributed by atoms with van der Waals surface area (Å²) in [7, 11) is 3.61. The number of rotatable bonds is 4. The molecule has 0 radical (unpaired) electrons. The summed E-state index contributed by atoms with van der Waals surface area (Å²) in [6.07, 6.45) is 0. The number of imidazole rings is 1. The predicted octanol–water partition coefficient (Wildman–Crippen LogP) is 3.91. The molecule has 2 heterocycles. The molecule has 0 bridgehead atoms. The van der Waals surface area contributed by atoms with Crippen LogP contribution in [0.25, 0.3) is 11.0 Å². The highest BCUT2D eigenvalue weighted by atomic mass is 79.9. The number of aromatic nitrogens is 3. The molecule has 0 aliphatic rings. The third kappa shape index (κ3) is 2.78. The number of nitrogens with zero attached hydrogens (tertiary/aromatic N) is 3. The fourth-order valence-corrected chi connectivity index (χ4v) is 2.69. The van der Waals surface area contributed by atoms with E-state index < -0.39 is 0 Å². The highest BCUT2D eigenvalue weighted by molar-refractivity contribution is 9.10. The maximum absolute atomic E-state index is 5.18. The van der Waals surface area contributed by atoms with Crippen LogP contribution in [0.2, 0.25) is 0 Å². The molecule has 1 unspecified atom stereocenters. The van der Waals surface area contributed by atoms with E-state index in [1.54, 1.807) is 7.11 Å². The number of benzene rings is 1. The lowest BCUT2D eigenvalue weighted by Crippen LogP contribution is -2.12. The molecule has 0 saturated heterocycles. The number of hydrogen-bond donors (Lipinski definition) is 1. The van der Waals surface area contributed by atoms with Gasteiger partial charge in [-0.3, -0.25) is 0 Å². The number of anilines is 1. The minimum atomic E-state index is 0.0223. The summed E-state index contributed by atoms with van der Waals surface area (Å²) in [4.78, 5) is 9.09. The second-order valence-electron chi connectivity index (χ2n) is 5.10. The van der Waals surface area contributed by atoms with Gasteiger partial charge in [0.25, 0.3) is 0 Å². The van der Waals surface area contributed by atoms with Crippen molar-refractivity contribution in [1.29, 1.82) is 0 Å². The van der Waals surface area contributed by atoms with E-state index in [2.05, 4.69) is 44.2 Å². The van der Waals surface area contributed by atoms with Crippen LogP contribution in [-0.4, -0.2) is 21.6 Å². The molecule has 1 aromatic carbocycles. The van der Waals surface area contributed by atoms with Gasteiger partial charge in [0, 0.05) is 17.6 Å². The Balaban J connectivity index is 1.90. The number of ether oxygens (including phenoxy) is 1. The lowest BCUT2D eigenvalue weighted by molar-refractivity contribution is 0.395. The minimum Gasteiger partial charge on any atom is -0.481 e. The SMILES string of the molecule is COc1cccc(C(C)Nc2nc3ccc(Br)cc3n2C)n1. The maximum atomic E-state index is 5.18. The highest BCUT2D eigenvalue weighted by Gasteiger charge is 2.13. The van der Waals surface area contributed by atoms with Gasteiger partial charge in [0.15, 0.2) is 0 Å². The van der Waals surface area contributed by atoms with Gasteiger partial charge >= 0.3 is 0 Å². The first-order valence-electron chi connectivity index (χ1n) is 6.98. The van der Waals surface area contributed by atoms with Crippen LogP contribution < -0.4 is 10.1 Å². The second kappa shape index (κ2) is 5.96. The normalized spacial score (nSPS) is 12.4. The second-order valence-corrected chi connectivity index (χ2v) is 6.01. The summed E-state index contributed by atoms with van der Waals surface area (Å²) in [5.74, 6) is 1.42. The summed E-state index contributed by atoms with van der Waals surface area (Å²) >= 11 is 3.49. The van der Waals surface area contributed by atoms with Crippen molar-refractivity contribution in [2.75, 3.05) is 12.4 Å². The van der Waals surface area contributed by atoms with E-state index in [9.17, 15) is 0 Å². The smallest absolute Gasteiger partial charge is 0.213 e. The van der Waals surface area contributed by atoms with E-state index in [1.807, 2.05) is 41.9 Å². The molecule has 0 fully saturated rings. The van der Waals surface area contributed by atoms with E-state index in [0.717, 1.165) is 27.1 Å². The Kier molecular flexibility index (Phi) is 4.02. The third-order valence-corrected chi connectivity index (χ3v) is 4.08. The van der Waals surface area contributed by atoms with Crippen molar-refractivity contribution in [2.24, 2.45) is 7.05 Å². The first-order valence-corrected chi connectivity index (χ1v) is 7.77. The van der Waals surface area contributed by atoms with Crippen LogP contribution in [-0.2, 0) is 7.05 Å². The van der Waals surface area contributed by atoms with Crippen molar-refractivity contribution in [3.8, 4) is 5.88 Å². The highest BCUT2D eigenvalue weighted by Crippen LogP contribution is 2.25. The topological polar surface area (TPSA) is 52.0 Å². The molecule has 0 amide bonds. The summed E-state index contributed by atoms with van der Waals surface area (Å²) in [5, 5.41) is 3.41. The standard InChI is InChI=1S/C16H17BrN4O/c1-10(12-5-4-6-15(19-12)22-3)18-16-20-13-8-7-11(17)9-14(13)21(16)2/h4-10H,1-3H3,(H,18,20). The number of halogens is 1. The van der Waals surface area contributed by atoms with Crippen LogP contribution in [0.5, 0.6) is 5.88 Å². The van der Waals surface area contributed by atoms with Crippen molar-refractivity contribution >= 4 is 32.9 Å². The van der Waals surface area contributed by atoms with Crippen LogP contribution in [0, 0.1) is 0 Å². The van der Waals surface area contributed by atoms with E-state index in [-0.39, 0.29) is 6.04 Å². The van der Waals surface area contributed by atoms with Gasteiger partial charge in [0.05, 0.1) is 29.9 Å². The molecule has 2 aromatic heterocycles. The molecule has 3 aromatic rings. The Morgan fingerprint density at radius 3 is 2.82 bits per heavy atom. The fourth-order valence-electron chi connectivity index (χ4n) is 2.35. The molecule has 6 heteroatoms. The van der Waals surface area contributed by atoms with Crippen LogP contribution in [0.3, 0.4) is 0 Å². The van der Waals surface area contributed by atoms with Crippen molar-refractivity contribution in [1.82, 2.24) is 14.5 Å². The average molecular weight is 361 g/mol. The molecule has 0 aliphatic carbocycles. The number of methoxy groups -OCH3 is 1. The number of nitrogens with one attached hydrogen (secondary N) is 1. The molecule has 0 aliphatic heterocycles. The Morgan fingerprint density at radius 2 is 2.05 bits per heavy atom. The first-order chi connectivity index (χ1) is 10.6. The number of hydrogen-bond acceptors (Lipinski definition) is 4. The molecule has 114 valence electrons. The first kappa shape index (κ1) is 14.8. The van der Waals surface area contributed by atoms with Gasteiger partial charge in [0.1, 0.15) is 0 Å². The zero-order chi connectivity index (χ0) is 15.7. The molecule has 1 N–H and O–H groups in total. The Bertz CT molecular complexity index is 815. The van der Waals surface area contributed by atoms with Gasteiger partial charge in [-0.25, -0.2) is 9.97 Å². The molecular weight excluding hydrogens is 344 g/mol. The monoisotopic (exact) mass is 360 g/mol. The van der Waals surface area contributed by atoms with Gasteiger partial charge < -0.3 is 14.6 Å². The average Bonchev–Trinajstić information content (AvgIpc) is 2.83. The van der Waals surface area contributed by atoms with Crippen LogP contribution in [0.1, 0.15) is 18.7 Å². The zero-order valence-electron chi connectivity index (χ0n) is 12.7. The van der Waals surface area contributed by atoms with Crippen molar-refractivity contribution in [3.05, 3.63) is 46.6 Å². The molecular formula is C16H17BrN4O. The summed E-state index contributed by atoms with van der Waals surface area (Å²) in [5.41, 5.74) is 2.94. The molecule has 5 nitrogen and oxygen atoms in total. The quantitative estimate of drug-likeness (QED) is 0.766. The van der Waals surface area contributed by atoms with Crippen LogP contribution in [0.15, 0.2) is 40.9 Å². The summed E-state index contributed by atoms with van der Waals surface area (Å²) in [6.45, 7) is 2.05. The van der Waals surface area contributed by atoms with Crippen molar-refractivity contribution in [2.45, 2.75) is 13.0 Å². The van der Waals surface area contributed by atoms with Crippen molar-refractivity contribution in [3.63, 3.8) is 0 Å². The van der Waals surface area contributed by atoms with Gasteiger partial charge in [-0.05, 0) is 31.2 Å². The molecule has 22 heavy (non-hydrogen) atoms. The lowest BCUT2D eigenvalue weighted by atomic mass is 10.2. The fraction of sp³-hybridized carbons (Fsp3) is 0.250. The van der Waals surface area contributed by atoms with Gasteiger partial charge in [-0.1, -0.05) is 22.0 Å². The molecule has 0 spiro atoms. The van der Waals surface area contributed by atoms with Crippen molar-refractivity contribution < 1.29 is 4.74 Å². The van der Waals surface area contributed by atoms with E-state index >= 15 is 0 Å². The van der Waals surface area contributed by atoms with Gasteiger partial charge in [-0.15, -0.1) is 0 Å². The predicted molar refractivity (Wildman–Crippen MR) is 91.2 cm³/mol. The third-order valence-electron chi connectivity index (χ3n) is 3.59. The van der Waals surface area contributed by atoms with Crippen LogP contribution >= 0.6 is 15.9 Å². The molecule has 0 saturated carbocycles. The number of aryl methyl sites for hydroxylation is 1. The molecule has 1 atom stereocenters. The largest absolute Gasteiger partial charge is 0.481 e. The van der Waals surface area contributed by atoms with E-state index in [4.69, 9.17) is 4.74 Å². The maximum Gasteiger partial charge on any atom is 0.213 e. The van der Waals surface area contributed by atoms with Gasteiger partial charge in [0.2, 0.25) is 11.8 Å². The lowest BCUT2D eigenvalue weighted by Gasteiger charge is -2.14. The van der Waals surface area contributed by atoms with Gasteiger partial charge in [-0.2, -0.15) is 0 Å². The Labute approximate surface area is 137 Å². The van der Waals surface area contributed by atoms with E-state index in [0.29, 0.717) is 5.88 Å². The number of pyridine rings is 1. The summed E-state index contributed by atoms with van der Waals surface area (Å²) in [6, 6.07) is 11.8. The van der Waals surface area contributed by atoms with Crippen LogP contribution in [0.4, 0.5) is 5.95 Å². The molecule has 3 rings (SSSR count). The summed E-state index contributed by atoms with van der Waals surface area (Å²) < 4.78 is 8.25. The number of fused-ring (bicyclic) bond motifs is 1. The van der Waals surface area contributed by atoms with E-state index in [1.165, 1.54) is 0 Å².